The first-order valence-electron chi connectivity index (χ1n) is 7.02. The number of carbonyl (C=O) groups is 1. The number of unbranched alkanes of at least 4 members (excludes halogenated alkanes) is 5. The summed E-state index contributed by atoms with van der Waals surface area (Å²) in [7, 11) is 0. The van der Waals surface area contributed by atoms with Gasteiger partial charge >= 0.3 is 0 Å². The second kappa shape index (κ2) is 8.40. The Labute approximate surface area is 115 Å². The molecule has 0 unspecified atom stereocenters. The number of nitrogens with two attached hydrogens (primary N) is 1. The number of nitrogens with one attached hydrogen (secondary N) is 1. The lowest BCUT2D eigenvalue weighted by molar-refractivity contribution is 0.0953. The van der Waals surface area contributed by atoms with Crippen molar-refractivity contribution in [2.24, 2.45) is 0 Å². The van der Waals surface area contributed by atoms with Crippen molar-refractivity contribution in [1.82, 2.24) is 5.32 Å². The molecule has 1 amide bonds. The highest BCUT2D eigenvalue weighted by atomic mass is 16.3. The molecule has 0 aliphatic rings. The van der Waals surface area contributed by atoms with E-state index in [9.17, 15) is 9.90 Å². The number of rotatable bonds is 8. The van der Waals surface area contributed by atoms with E-state index < -0.39 is 0 Å². The van der Waals surface area contributed by atoms with Crippen molar-refractivity contribution >= 4 is 11.6 Å². The highest BCUT2D eigenvalue weighted by molar-refractivity contribution is 5.95. The minimum atomic E-state index is -0.139. The highest BCUT2D eigenvalue weighted by Gasteiger charge is 2.06. The third-order valence-corrected chi connectivity index (χ3v) is 3.11. The van der Waals surface area contributed by atoms with Crippen LogP contribution in [0.15, 0.2) is 18.2 Å². The second-order valence-electron chi connectivity index (χ2n) is 4.80. The highest BCUT2D eigenvalue weighted by Crippen LogP contribution is 2.20. The van der Waals surface area contributed by atoms with Gasteiger partial charge in [0.1, 0.15) is 5.75 Å². The van der Waals surface area contributed by atoms with E-state index in [0.29, 0.717) is 12.1 Å². The Balaban J connectivity index is 2.22. The molecule has 0 bridgehead atoms. The van der Waals surface area contributed by atoms with Crippen molar-refractivity contribution < 1.29 is 9.90 Å². The van der Waals surface area contributed by atoms with Gasteiger partial charge in [-0.2, -0.15) is 0 Å². The number of amides is 1. The lowest BCUT2D eigenvalue weighted by atomic mass is 10.1. The average Bonchev–Trinajstić information content (AvgIpc) is 2.40. The molecular formula is C15H24N2O2. The molecule has 0 heterocycles. The fourth-order valence-electron chi connectivity index (χ4n) is 1.91. The zero-order valence-corrected chi connectivity index (χ0v) is 11.6. The van der Waals surface area contributed by atoms with Gasteiger partial charge in [-0.1, -0.05) is 39.0 Å². The second-order valence-corrected chi connectivity index (χ2v) is 4.80. The number of benzene rings is 1. The first-order chi connectivity index (χ1) is 9.15. The molecule has 0 radical (unpaired) electrons. The molecule has 0 aliphatic carbocycles. The molecule has 0 saturated heterocycles. The summed E-state index contributed by atoms with van der Waals surface area (Å²) >= 11 is 0. The number of carbonyl (C=O) groups excluding carboxylic acids is 1. The van der Waals surface area contributed by atoms with Crippen molar-refractivity contribution in [3.63, 3.8) is 0 Å². The molecule has 1 rings (SSSR count). The van der Waals surface area contributed by atoms with E-state index in [2.05, 4.69) is 12.2 Å². The van der Waals surface area contributed by atoms with Gasteiger partial charge in [-0.15, -0.1) is 0 Å². The summed E-state index contributed by atoms with van der Waals surface area (Å²) in [6.45, 7) is 2.88. The van der Waals surface area contributed by atoms with Crippen LogP contribution >= 0.6 is 0 Å². The normalized spacial score (nSPS) is 10.4. The van der Waals surface area contributed by atoms with Gasteiger partial charge in [-0.3, -0.25) is 4.79 Å². The van der Waals surface area contributed by atoms with Gasteiger partial charge in [-0.05, 0) is 24.6 Å². The van der Waals surface area contributed by atoms with Crippen molar-refractivity contribution in [1.29, 1.82) is 0 Å². The van der Waals surface area contributed by atoms with Crippen molar-refractivity contribution in [3.05, 3.63) is 23.8 Å². The predicted octanol–water partition coefficient (Wildman–Crippen LogP) is 3.06. The summed E-state index contributed by atoms with van der Waals surface area (Å²) in [4.78, 5) is 11.8. The molecule has 0 spiro atoms. The van der Waals surface area contributed by atoms with Crippen LogP contribution in [-0.2, 0) is 0 Å². The molecule has 1 aromatic rings. The van der Waals surface area contributed by atoms with Gasteiger partial charge in [0.2, 0.25) is 0 Å². The SMILES string of the molecule is CCCCCCCCNC(=O)c1ccc(O)c(N)c1. The maximum absolute atomic E-state index is 11.8. The predicted molar refractivity (Wildman–Crippen MR) is 78.2 cm³/mol. The Hall–Kier alpha value is -1.71. The van der Waals surface area contributed by atoms with Crippen LogP contribution in [0.2, 0.25) is 0 Å². The summed E-state index contributed by atoms with van der Waals surface area (Å²) in [5.41, 5.74) is 6.27. The van der Waals surface area contributed by atoms with E-state index in [4.69, 9.17) is 5.73 Å². The molecule has 0 aromatic heterocycles. The molecule has 19 heavy (non-hydrogen) atoms. The standard InChI is InChI=1S/C15H24N2O2/c1-2-3-4-5-6-7-10-17-15(19)12-8-9-14(18)13(16)11-12/h8-9,11,18H,2-7,10,16H2,1H3,(H,17,19). The Kier molecular flexibility index (Phi) is 6.79. The average molecular weight is 264 g/mol. The summed E-state index contributed by atoms with van der Waals surface area (Å²) in [6, 6.07) is 4.50. The molecule has 0 aliphatic heterocycles. The number of nitrogen functional groups attached to an aromatic ring is 1. The number of hydrogen-bond donors (Lipinski definition) is 3. The zero-order chi connectivity index (χ0) is 14.1. The maximum atomic E-state index is 11.8. The molecule has 0 saturated carbocycles. The fourth-order valence-corrected chi connectivity index (χ4v) is 1.91. The molecule has 1 aromatic carbocycles. The van der Waals surface area contributed by atoms with E-state index in [1.807, 2.05) is 0 Å². The minimum absolute atomic E-state index is 0.00692. The lowest BCUT2D eigenvalue weighted by Crippen LogP contribution is -2.24. The molecule has 4 nitrogen and oxygen atoms in total. The number of phenols is 1. The zero-order valence-electron chi connectivity index (χ0n) is 11.6. The summed E-state index contributed by atoms with van der Waals surface area (Å²) in [5.74, 6) is -0.132. The van der Waals surface area contributed by atoms with E-state index in [1.165, 1.54) is 37.8 Å². The number of hydrogen-bond acceptors (Lipinski definition) is 3. The van der Waals surface area contributed by atoms with Crippen LogP contribution in [0.1, 0.15) is 55.8 Å². The van der Waals surface area contributed by atoms with Gasteiger partial charge < -0.3 is 16.2 Å². The lowest BCUT2D eigenvalue weighted by Gasteiger charge is -2.06. The minimum Gasteiger partial charge on any atom is -0.506 e. The van der Waals surface area contributed by atoms with E-state index in [0.717, 1.165) is 12.8 Å². The van der Waals surface area contributed by atoms with Crippen LogP contribution in [0.25, 0.3) is 0 Å². The van der Waals surface area contributed by atoms with Gasteiger partial charge in [0.25, 0.3) is 5.91 Å². The monoisotopic (exact) mass is 264 g/mol. The largest absolute Gasteiger partial charge is 0.506 e. The first kappa shape index (κ1) is 15.3. The first-order valence-corrected chi connectivity index (χ1v) is 7.02. The van der Waals surface area contributed by atoms with Crippen molar-refractivity contribution in [3.8, 4) is 5.75 Å². The van der Waals surface area contributed by atoms with Gasteiger partial charge in [0.05, 0.1) is 5.69 Å². The van der Waals surface area contributed by atoms with Gasteiger partial charge in [-0.25, -0.2) is 0 Å². The Bertz CT molecular complexity index is 405. The topological polar surface area (TPSA) is 75.3 Å². The Morgan fingerprint density at radius 2 is 1.89 bits per heavy atom. The Morgan fingerprint density at radius 1 is 1.21 bits per heavy atom. The van der Waals surface area contributed by atoms with E-state index in [-0.39, 0.29) is 17.3 Å². The van der Waals surface area contributed by atoms with Crippen LogP contribution in [0.5, 0.6) is 5.75 Å². The van der Waals surface area contributed by atoms with Gasteiger partial charge in [0.15, 0.2) is 0 Å². The van der Waals surface area contributed by atoms with Crippen LogP contribution in [0.4, 0.5) is 5.69 Å². The van der Waals surface area contributed by atoms with Crippen LogP contribution in [-0.4, -0.2) is 17.6 Å². The van der Waals surface area contributed by atoms with Crippen LogP contribution < -0.4 is 11.1 Å². The van der Waals surface area contributed by atoms with E-state index in [1.54, 1.807) is 6.07 Å². The smallest absolute Gasteiger partial charge is 0.251 e. The number of anilines is 1. The fraction of sp³-hybridized carbons (Fsp3) is 0.533. The molecule has 0 atom stereocenters. The maximum Gasteiger partial charge on any atom is 0.251 e. The third-order valence-electron chi connectivity index (χ3n) is 3.11. The summed E-state index contributed by atoms with van der Waals surface area (Å²) in [5, 5.41) is 12.1. The third kappa shape index (κ3) is 5.64. The number of aromatic hydroxyl groups is 1. The molecule has 106 valence electrons. The van der Waals surface area contributed by atoms with Crippen molar-refractivity contribution in [2.45, 2.75) is 45.4 Å². The van der Waals surface area contributed by atoms with E-state index >= 15 is 0 Å². The quantitative estimate of drug-likeness (QED) is 0.384. The Morgan fingerprint density at radius 3 is 2.58 bits per heavy atom. The van der Waals surface area contributed by atoms with Crippen molar-refractivity contribution in [2.75, 3.05) is 12.3 Å². The summed E-state index contributed by atoms with van der Waals surface area (Å²) < 4.78 is 0. The van der Waals surface area contributed by atoms with Gasteiger partial charge in [0, 0.05) is 12.1 Å². The van der Waals surface area contributed by atoms with Crippen LogP contribution in [0, 0.1) is 0 Å². The molecule has 4 heteroatoms. The number of phenolic OH excluding ortho intramolecular Hbond substituents is 1. The molecule has 0 fully saturated rings. The molecular weight excluding hydrogens is 240 g/mol. The molecule has 4 N–H and O–H groups in total. The van der Waals surface area contributed by atoms with Crippen LogP contribution in [0.3, 0.4) is 0 Å². The summed E-state index contributed by atoms with van der Waals surface area (Å²) in [6.07, 6.45) is 7.20.